The number of benzene rings is 3. The molecule has 3 nitrogen and oxygen atoms in total. The molecule has 0 radical (unpaired) electrons. The largest absolute Gasteiger partial charge is 0.340 e. The van der Waals surface area contributed by atoms with Gasteiger partial charge in [0, 0.05) is 52.6 Å². The lowest BCUT2D eigenvalue weighted by atomic mass is 10.1. The molecule has 0 aliphatic carbocycles. The molecule has 182 valence electrons. The van der Waals surface area contributed by atoms with Crippen LogP contribution in [0.2, 0.25) is 0 Å². The highest BCUT2D eigenvalue weighted by Crippen LogP contribution is 2.47. The quantitative estimate of drug-likeness (QED) is 0.167. The van der Waals surface area contributed by atoms with E-state index in [1.807, 2.05) is 11.8 Å². The molecule has 0 atom stereocenters. The molecule has 0 N–H and O–H groups in total. The first kappa shape index (κ1) is 23.5. The highest BCUT2D eigenvalue weighted by atomic mass is 32.2. The van der Waals surface area contributed by atoms with E-state index in [1.54, 1.807) is 0 Å². The fraction of sp³-hybridized carbons (Fsp3) is 0.152. The zero-order valence-electron chi connectivity index (χ0n) is 20.9. The van der Waals surface area contributed by atoms with Gasteiger partial charge in [0.1, 0.15) is 6.54 Å². The van der Waals surface area contributed by atoms with Crippen molar-refractivity contribution in [3.8, 4) is 11.1 Å². The van der Waals surface area contributed by atoms with E-state index in [0.717, 1.165) is 32.5 Å². The Hall–Kier alpha value is -3.89. The molecule has 2 aromatic heterocycles. The lowest BCUT2D eigenvalue weighted by molar-refractivity contribution is -0.697. The van der Waals surface area contributed by atoms with E-state index in [9.17, 15) is 0 Å². The second-order valence-electron chi connectivity index (χ2n) is 9.47. The van der Waals surface area contributed by atoms with Gasteiger partial charge < -0.3 is 4.90 Å². The van der Waals surface area contributed by atoms with Crippen LogP contribution >= 0.6 is 11.8 Å². The normalized spacial score (nSPS) is 12.2. The third-order valence-electron chi connectivity index (χ3n) is 6.90. The van der Waals surface area contributed by atoms with Gasteiger partial charge in [-0.2, -0.15) is 0 Å². The van der Waals surface area contributed by atoms with Crippen LogP contribution in [0.5, 0.6) is 0 Å². The Balaban J connectivity index is 1.05. The molecule has 3 heterocycles. The van der Waals surface area contributed by atoms with E-state index in [0.29, 0.717) is 0 Å². The van der Waals surface area contributed by atoms with Crippen LogP contribution in [0.15, 0.2) is 138 Å². The minimum atomic E-state index is 0.892. The van der Waals surface area contributed by atoms with Gasteiger partial charge in [0.05, 0.1) is 11.4 Å². The summed E-state index contributed by atoms with van der Waals surface area (Å²) >= 11 is 1.88. The highest BCUT2D eigenvalue weighted by molar-refractivity contribution is 7.99. The van der Waals surface area contributed by atoms with Gasteiger partial charge in [0.15, 0.2) is 31.3 Å². The van der Waals surface area contributed by atoms with Crippen molar-refractivity contribution in [1.82, 2.24) is 0 Å². The first-order valence-corrected chi connectivity index (χ1v) is 13.8. The van der Waals surface area contributed by atoms with Crippen LogP contribution in [0.25, 0.3) is 11.1 Å². The summed E-state index contributed by atoms with van der Waals surface area (Å²) in [6, 6.07) is 37.0. The van der Waals surface area contributed by atoms with Crippen LogP contribution in [0.3, 0.4) is 0 Å². The molecule has 1 aliphatic heterocycles. The minimum Gasteiger partial charge on any atom is -0.340 e. The van der Waals surface area contributed by atoms with Crippen LogP contribution in [0, 0.1) is 0 Å². The number of nitrogens with zero attached hydrogens (tertiary/aromatic N) is 3. The lowest BCUT2D eigenvalue weighted by Gasteiger charge is -2.32. The number of hydrogen-bond donors (Lipinski definition) is 0. The molecule has 6 rings (SSSR count). The molecule has 0 saturated heterocycles. The van der Waals surface area contributed by atoms with Gasteiger partial charge >= 0.3 is 0 Å². The Labute approximate surface area is 223 Å². The zero-order chi connectivity index (χ0) is 24.9. The van der Waals surface area contributed by atoms with Gasteiger partial charge in [0.25, 0.3) is 0 Å². The molecule has 0 spiro atoms. The molecule has 0 bridgehead atoms. The van der Waals surface area contributed by atoms with Crippen molar-refractivity contribution >= 4 is 23.1 Å². The Morgan fingerprint density at radius 2 is 1.08 bits per heavy atom. The van der Waals surface area contributed by atoms with Crippen molar-refractivity contribution in [2.45, 2.75) is 35.7 Å². The molecular weight excluding hydrogens is 470 g/mol. The maximum absolute atomic E-state index is 2.49. The van der Waals surface area contributed by atoms with Gasteiger partial charge in [-0.1, -0.05) is 66.4 Å². The molecular formula is C33H31N3S+2. The zero-order valence-corrected chi connectivity index (χ0v) is 21.7. The van der Waals surface area contributed by atoms with Gasteiger partial charge in [-0.25, -0.2) is 9.13 Å². The number of unbranched alkanes of at least 4 members (excludes halogenated alkanes) is 1. The summed E-state index contributed by atoms with van der Waals surface area (Å²) in [6.45, 7) is 2.95. The number of para-hydroxylation sites is 2. The van der Waals surface area contributed by atoms with E-state index in [4.69, 9.17) is 0 Å². The van der Waals surface area contributed by atoms with Crippen LogP contribution in [-0.2, 0) is 13.1 Å². The van der Waals surface area contributed by atoms with Crippen molar-refractivity contribution in [3.63, 3.8) is 0 Å². The van der Waals surface area contributed by atoms with E-state index in [-0.39, 0.29) is 0 Å². The third-order valence-corrected chi connectivity index (χ3v) is 8.03. The molecule has 0 fully saturated rings. The summed E-state index contributed by atoms with van der Waals surface area (Å²) in [5.74, 6) is 0. The molecule has 0 saturated carbocycles. The predicted molar refractivity (Wildman–Crippen MR) is 151 cm³/mol. The summed E-state index contributed by atoms with van der Waals surface area (Å²) in [5.41, 5.74) is 6.47. The van der Waals surface area contributed by atoms with Crippen molar-refractivity contribution in [2.24, 2.45) is 0 Å². The maximum Gasteiger partial charge on any atom is 0.173 e. The van der Waals surface area contributed by atoms with E-state index in [1.165, 1.54) is 37.9 Å². The van der Waals surface area contributed by atoms with Gasteiger partial charge in [-0.3, -0.25) is 0 Å². The second-order valence-corrected chi connectivity index (χ2v) is 10.5. The van der Waals surface area contributed by atoms with Crippen molar-refractivity contribution in [2.75, 3.05) is 11.4 Å². The molecule has 37 heavy (non-hydrogen) atoms. The van der Waals surface area contributed by atoms with Crippen molar-refractivity contribution in [1.29, 1.82) is 0 Å². The molecule has 3 aromatic carbocycles. The van der Waals surface area contributed by atoms with E-state index in [2.05, 4.69) is 142 Å². The maximum atomic E-state index is 2.49. The summed E-state index contributed by atoms with van der Waals surface area (Å²) < 4.78 is 4.52. The summed E-state index contributed by atoms with van der Waals surface area (Å²) in [5, 5.41) is 0. The Morgan fingerprint density at radius 3 is 1.70 bits per heavy atom. The van der Waals surface area contributed by atoms with Crippen LogP contribution in [0.1, 0.15) is 18.4 Å². The first-order valence-electron chi connectivity index (χ1n) is 13.0. The smallest absolute Gasteiger partial charge is 0.173 e. The van der Waals surface area contributed by atoms with Gasteiger partial charge in [-0.15, -0.1) is 0 Å². The molecule has 4 heteroatoms. The van der Waals surface area contributed by atoms with E-state index >= 15 is 0 Å². The average molecular weight is 502 g/mol. The standard InChI is InChI=1S/C33H31N3S/c1-2-10-27(11-3-1)26-35-24-18-29(19-25-35)28-16-22-34(23-17-28)20-8-9-21-36-30-12-4-6-14-32(30)37-33-15-7-5-13-31(33)36/h1-7,10-19,22-25H,8-9,20-21,26H2/q+2. The van der Waals surface area contributed by atoms with Crippen LogP contribution < -0.4 is 14.0 Å². The van der Waals surface area contributed by atoms with Gasteiger partial charge in [0.2, 0.25) is 0 Å². The fourth-order valence-corrected chi connectivity index (χ4v) is 6.03. The van der Waals surface area contributed by atoms with Crippen molar-refractivity contribution < 1.29 is 9.13 Å². The Kier molecular flexibility index (Phi) is 7.00. The van der Waals surface area contributed by atoms with Crippen LogP contribution in [0.4, 0.5) is 11.4 Å². The Morgan fingerprint density at radius 1 is 0.541 bits per heavy atom. The van der Waals surface area contributed by atoms with Crippen molar-refractivity contribution in [3.05, 3.63) is 133 Å². The predicted octanol–water partition coefficient (Wildman–Crippen LogP) is 7.06. The average Bonchev–Trinajstić information content (AvgIpc) is 2.96. The number of pyridine rings is 2. The number of fused-ring (bicyclic) bond motifs is 2. The summed E-state index contributed by atoms with van der Waals surface area (Å²) in [6.07, 6.45) is 11.0. The number of hydrogen-bond acceptors (Lipinski definition) is 2. The highest BCUT2D eigenvalue weighted by Gasteiger charge is 2.22. The minimum absolute atomic E-state index is 0.892. The van der Waals surface area contributed by atoms with Gasteiger partial charge in [-0.05, 0) is 41.8 Å². The SMILES string of the molecule is c1ccc(C[n+]2ccc(-c3cc[n+](CCCCN4c5ccccc5Sc5ccccc54)cc3)cc2)cc1. The number of aromatic nitrogens is 2. The molecule has 0 unspecified atom stereocenters. The fourth-order valence-electron chi connectivity index (χ4n) is 4.93. The number of aryl methyl sites for hydroxylation is 1. The third kappa shape index (κ3) is 5.45. The number of anilines is 2. The lowest BCUT2D eigenvalue weighted by Crippen LogP contribution is -2.33. The molecule has 5 aromatic rings. The topological polar surface area (TPSA) is 11.0 Å². The molecule has 1 aliphatic rings. The first-order chi connectivity index (χ1) is 18.3. The van der Waals surface area contributed by atoms with Crippen LogP contribution in [-0.4, -0.2) is 6.54 Å². The Bertz CT molecular complexity index is 1420. The summed E-state index contributed by atoms with van der Waals surface area (Å²) in [4.78, 5) is 5.18. The summed E-state index contributed by atoms with van der Waals surface area (Å²) in [7, 11) is 0. The second kappa shape index (κ2) is 11.0. The number of rotatable bonds is 8. The monoisotopic (exact) mass is 501 g/mol. The van der Waals surface area contributed by atoms with E-state index < -0.39 is 0 Å². The molecule has 0 amide bonds.